The molecule has 0 amide bonds. The van der Waals surface area contributed by atoms with E-state index in [1.54, 1.807) is 12.1 Å². The maximum absolute atomic E-state index is 10.6. The lowest BCUT2D eigenvalue weighted by Gasteiger charge is -2.15. The largest absolute Gasteiger partial charge is 0.508 e. The molecule has 15 heavy (non-hydrogen) atoms. The molecule has 82 valence electrons. The molecule has 0 aliphatic carbocycles. The van der Waals surface area contributed by atoms with E-state index in [1.165, 1.54) is 6.07 Å². The van der Waals surface area contributed by atoms with Crippen LogP contribution in [0.4, 0.5) is 0 Å². The molecule has 0 heterocycles. The van der Waals surface area contributed by atoms with Crippen LogP contribution in [0.3, 0.4) is 0 Å². The second kappa shape index (κ2) is 5.14. The Labute approximate surface area is 95.8 Å². The Bertz CT molecular complexity index is 347. The van der Waals surface area contributed by atoms with Crippen molar-refractivity contribution in [3.8, 4) is 5.75 Å². The first-order valence-electron chi connectivity index (χ1n) is 4.45. The number of aromatic hydroxyl groups is 1. The number of carboxylic acid groups (broad SMARTS) is 1. The van der Waals surface area contributed by atoms with Crippen molar-refractivity contribution in [1.29, 1.82) is 0 Å². The molecule has 1 unspecified atom stereocenters. The summed E-state index contributed by atoms with van der Waals surface area (Å²) in [7, 11) is 0. The summed E-state index contributed by atoms with van der Waals surface area (Å²) in [5.41, 5.74) is 6.05. The van der Waals surface area contributed by atoms with Crippen LogP contribution in [0.1, 0.15) is 17.9 Å². The van der Waals surface area contributed by atoms with E-state index in [9.17, 15) is 9.90 Å². The third-order valence-electron chi connectivity index (χ3n) is 2.14. The van der Waals surface area contributed by atoms with Crippen molar-refractivity contribution in [2.75, 3.05) is 6.54 Å². The zero-order valence-corrected chi connectivity index (χ0v) is 9.57. The molecule has 0 fully saturated rings. The summed E-state index contributed by atoms with van der Waals surface area (Å²) >= 11 is 3.27. The number of phenols is 1. The molecular formula is C10H12BrNO3. The van der Waals surface area contributed by atoms with Crippen molar-refractivity contribution < 1.29 is 15.0 Å². The van der Waals surface area contributed by atoms with Crippen LogP contribution in [0.15, 0.2) is 22.7 Å². The molecule has 0 saturated carbocycles. The third-order valence-corrected chi connectivity index (χ3v) is 2.84. The molecule has 0 bridgehead atoms. The predicted molar refractivity (Wildman–Crippen MR) is 59.9 cm³/mol. The fourth-order valence-corrected chi connectivity index (χ4v) is 2.12. The normalized spacial score (nSPS) is 12.4. The number of carboxylic acids is 1. The summed E-state index contributed by atoms with van der Waals surface area (Å²) in [5, 5.41) is 18.3. The van der Waals surface area contributed by atoms with E-state index in [-0.39, 0.29) is 24.6 Å². The van der Waals surface area contributed by atoms with Crippen molar-refractivity contribution in [1.82, 2.24) is 0 Å². The highest BCUT2D eigenvalue weighted by Gasteiger charge is 2.19. The van der Waals surface area contributed by atoms with Gasteiger partial charge in [0, 0.05) is 16.0 Å². The summed E-state index contributed by atoms with van der Waals surface area (Å²) in [6.07, 6.45) is -0.0906. The third kappa shape index (κ3) is 2.94. The topological polar surface area (TPSA) is 83.6 Å². The molecule has 1 atom stereocenters. The predicted octanol–water partition coefficient (Wildman–Crippen LogP) is 1.67. The number of hydrogen-bond acceptors (Lipinski definition) is 3. The molecule has 0 aliphatic heterocycles. The Morgan fingerprint density at radius 1 is 1.53 bits per heavy atom. The van der Waals surface area contributed by atoms with Gasteiger partial charge in [-0.2, -0.15) is 0 Å². The fourth-order valence-electron chi connectivity index (χ4n) is 1.44. The van der Waals surface area contributed by atoms with Gasteiger partial charge in [-0.25, -0.2) is 0 Å². The van der Waals surface area contributed by atoms with Crippen LogP contribution in [-0.4, -0.2) is 22.7 Å². The second-order valence-electron chi connectivity index (χ2n) is 3.20. The molecule has 0 spiro atoms. The first kappa shape index (κ1) is 12.0. The fraction of sp³-hybridized carbons (Fsp3) is 0.300. The van der Waals surface area contributed by atoms with Gasteiger partial charge in [0.1, 0.15) is 5.75 Å². The van der Waals surface area contributed by atoms with Gasteiger partial charge < -0.3 is 15.9 Å². The number of halogens is 1. The van der Waals surface area contributed by atoms with Crippen molar-refractivity contribution in [3.05, 3.63) is 28.2 Å². The lowest BCUT2D eigenvalue weighted by Crippen LogP contribution is -2.16. The number of nitrogens with two attached hydrogens (primary N) is 1. The molecule has 1 aromatic carbocycles. The second-order valence-corrected chi connectivity index (χ2v) is 4.06. The molecular weight excluding hydrogens is 262 g/mol. The van der Waals surface area contributed by atoms with Crippen LogP contribution in [-0.2, 0) is 4.79 Å². The van der Waals surface area contributed by atoms with Crippen LogP contribution in [0.25, 0.3) is 0 Å². The first-order chi connectivity index (χ1) is 7.06. The van der Waals surface area contributed by atoms with E-state index in [0.29, 0.717) is 10.0 Å². The maximum Gasteiger partial charge on any atom is 0.304 e. The molecule has 0 aromatic heterocycles. The zero-order chi connectivity index (χ0) is 11.4. The van der Waals surface area contributed by atoms with Gasteiger partial charge in [0.2, 0.25) is 0 Å². The average molecular weight is 274 g/mol. The number of hydrogen-bond donors (Lipinski definition) is 3. The van der Waals surface area contributed by atoms with E-state index >= 15 is 0 Å². The van der Waals surface area contributed by atoms with Gasteiger partial charge in [0.25, 0.3) is 0 Å². The summed E-state index contributed by atoms with van der Waals surface area (Å²) in [5.74, 6) is -1.24. The van der Waals surface area contributed by atoms with Crippen molar-refractivity contribution in [2.24, 2.45) is 5.73 Å². The lowest BCUT2D eigenvalue weighted by molar-refractivity contribution is -0.137. The number of rotatable bonds is 4. The molecule has 1 aromatic rings. The first-order valence-corrected chi connectivity index (χ1v) is 5.24. The van der Waals surface area contributed by atoms with Gasteiger partial charge >= 0.3 is 5.97 Å². The molecule has 4 nitrogen and oxygen atoms in total. The molecule has 0 aliphatic rings. The van der Waals surface area contributed by atoms with Crippen LogP contribution in [0, 0.1) is 0 Å². The Balaban J connectivity index is 3.05. The zero-order valence-electron chi connectivity index (χ0n) is 7.98. The Hall–Kier alpha value is -1.07. The smallest absolute Gasteiger partial charge is 0.304 e. The SMILES string of the molecule is NCC(CC(=O)O)c1c(O)cccc1Br. The van der Waals surface area contributed by atoms with E-state index in [0.717, 1.165) is 0 Å². The van der Waals surface area contributed by atoms with Gasteiger partial charge in [-0.1, -0.05) is 22.0 Å². The van der Waals surface area contributed by atoms with Crippen molar-refractivity contribution in [2.45, 2.75) is 12.3 Å². The summed E-state index contributed by atoms with van der Waals surface area (Å²) < 4.78 is 0.680. The number of phenolic OH excluding ortho intramolecular Hbond substituents is 1. The highest BCUT2D eigenvalue weighted by molar-refractivity contribution is 9.10. The van der Waals surface area contributed by atoms with Gasteiger partial charge in [0.15, 0.2) is 0 Å². The van der Waals surface area contributed by atoms with Crippen LogP contribution >= 0.6 is 15.9 Å². The van der Waals surface area contributed by atoms with Gasteiger partial charge in [-0.05, 0) is 18.7 Å². The molecule has 4 N–H and O–H groups in total. The number of carbonyl (C=O) groups is 1. The monoisotopic (exact) mass is 273 g/mol. The summed E-state index contributed by atoms with van der Waals surface area (Å²) in [4.78, 5) is 10.6. The van der Waals surface area contributed by atoms with E-state index in [4.69, 9.17) is 10.8 Å². The number of benzene rings is 1. The molecule has 5 heteroatoms. The van der Waals surface area contributed by atoms with Crippen LogP contribution in [0.2, 0.25) is 0 Å². The quantitative estimate of drug-likeness (QED) is 0.779. The molecule has 0 saturated heterocycles. The molecule has 0 radical (unpaired) electrons. The van der Waals surface area contributed by atoms with Crippen molar-refractivity contribution >= 4 is 21.9 Å². The average Bonchev–Trinajstić information content (AvgIpc) is 2.15. The van der Waals surface area contributed by atoms with E-state index in [1.807, 2.05) is 0 Å². The van der Waals surface area contributed by atoms with Crippen LogP contribution < -0.4 is 5.73 Å². The lowest BCUT2D eigenvalue weighted by atomic mass is 9.95. The minimum absolute atomic E-state index is 0.0704. The minimum Gasteiger partial charge on any atom is -0.508 e. The highest BCUT2D eigenvalue weighted by atomic mass is 79.9. The van der Waals surface area contributed by atoms with Gasteiger partial charge in [-0.3, -0.25) is 4.79 Å². The number of aliphatic carboxylic acids is 1. The Kier molecular flexibility index (Phi) is 4.11. The minimum atomic E-state index is -0.930. The Morgan fingerprint density at radius 3 is 2.67 bits per heavy atom. The highest BCUT2D eigenvalue weighted by Crippen LogP contribution is 2.34. The summed E-state index contributed by atoms with van der Waals surface area (Å²) in [6, 6.07) is 4.95. The maximum atomic E-state index is 10.6. The van der Waals surface area contributed by atoms with E-state index < -0.39 is 5.97 Å². The van der Waals surface area contributed by atoms with E-state index in [2.05, 4.69) is 15.9 Å². The van der Waals surface area contributed by atoms with Gasteiger partial charge in [0.05, 0.1) is 6.42 Å². The Morgan fingerprint density at radius 2 is 2.20 bits per heavy atom. The van der Waals surface area contributed by atoms with Gasteiger partial charge in [-0.15, -0.1) is 0 Å². The van der Waals surface area contributed by atoms with Crippen molar-refractivity contribution in [3.63, 3.8) is 0 Å². The van der Waals surface area contributed by atoms with Crippen LogP contribution in [0.5, 0.6) is 5.75 Å². The standard InChI is InChI=1S/C10H12BrNO3/c11-7-2-1-3-8(13)10(7)6(5-12)4-9(14)15/h1-3,6,13H,4-5,12H2,(H,14,15). The molecule has 1 rings (SSSR count). The summed E-state index contributed by atoms with van der Waals surface area (Å²) in [6.45, 7) is 0.183.